The molecule has 7 heteroatoms. The molecule has 24 heavy (non-hydrogen) atoms. The Bertz CT molecular complexity index is 678. The van der Waals surface area contributed by atoms with E-state index in [2.05, 4.69) is 10.1 Å². The van der Waals surface area contributed by atoms with E-state index in [0.717, 1.165) is 10.5 Å². The van der Waals surface area contributed by atoms with Crippen LogP contribution < -0.4 is 15.0 Å². The molecule has 0 spiro atoms. The summed E-state index contributed by atoms with van der Waals surface area (Å²) in [4.78, 5) is 12.9. The third-order valence-corrected chi connectivity index (χ3v) is 3.22. The van der Waals surface area contributed by atoms with Gasteiger partial charge < -0.3 is 15.0 Å². The van der Waals surface area contributed by atoms with Crippen LogP contribution in [0.1, 0.15) is 5.56 Å². The Labute approximate surface area is 137 Å². The number of nitrogens with one attached hydrogen (secondary N) is 2. The molecule has 1 amide bonds. The standard InChI is InChI=1S/C17H17F3N2O2/c1-22(10-12-3-2-4-13(18)9-12)11-16(23)21-14-5-7-15(8-6-14)24-17(19)20/h2-9,17H,10-11H2,1H3,(H,21,23)/p+1. The highest BCUT2D eigenvalue weighted by Crippen LogP contribution is 2.17. The number of alkyl halides is 2. The van der Waals surface area contributed by atoms with Crippen molar-refractivity contribution >= 4 is 11.6 Å². The number of amides is 1. The summed E-state index contributed by atoms with van der Waals surface area (Å²) in [7, 11) is 1.82. The van der Waals surface area contributed by atoms with Crippen molar-refractivity contribution < 1.29 is 27.6 Å². The lowest BCUT2D eigenvalue weighted by molar-refractivity contribution is -0.885. The molecule has 128 valence electrons. The number of carbonyl (C=O) groups excluding carboxylic acids is 1. The van der Waals surface area contributed by atoms with Gasteiger partial charge in [-0.25, -0.2) is 4.39 Å². The summed E-state index contributed by atoms with van der Waals surface area (Å²) in [5.41, 5.74) is 1.29. The third-order valence-electron chi connectivity index (χ3n) is 3.22. The number of quaternary nitrogens is 1. The van der Waals surface area contributed by atoms with E-state index in [1.54, 1.807) is 12.1 Å². The molecule has 2 aromatic carbocycles. The number of hydrogen-bond donors (Lipinski definition) is 2. The van der Waals surface area contributed by atoms with Gasteiger partial charge in [0.25, 0.3) is 5.91 Å². The SMILES string of the molecule is C[NH+](CC(=O)Nc1ccc(OC(F)F)cc1)Cc1cccc(F)c1. The number of halogens is 3. The van der Waals surface area contributed by atoms with Crippen molar-refractivity contribution in [3.05, 3.63) is 59.9 Å². The Morgan fingerprint density at radius 3 is 2.54 bits per heavy atom. The van der Waals surface area contributed by atoms with Crippen LogP contribution in [-0.4, -0.2) is 26.1 Å². The van der Waals surface area contributed by atoms with E-state index in [-0.39, 0.29) is 24.0 Å². The van der Waals surface area contributed by atoms with Gasteiger partial charge in [0, 0.05) is 11.3 Å². The molecule has 0 aliphatic heterocycles. The summed E-state index contributed by atoms with van der Waals surface area (Å²) in [5.74, 6) is -0.515. The number of rotatable bonds is 7. The van der Waals surface area contributed by atoms with Crippen LogP contribution >= 0.6 is 0 Å². The third kappa shape index (κ3) is 5.92. The van der Waals surface area contributed by atoms with Crippen LogP contribution in [0.15, 0.2) is 48.5 Å². The highest BCUT2D eigenvalue weighted by molar-refractivity contribution is 5.91. The molecular weight excluding hydrogens is 321 g/mol. The monoisotopic (exact) mass is 339 g/mol. The Morgan fingerprint density at radius 1 is 1.21 bits per heavy atom. The molecule has 2 N–H and O–H groups in total. The van der Waals surface area contributed by atoms with Crippen molar-refractivity contribution in [2.75, 3.05) is 18.9 Å². The zero-order chi connectivity index (χ0) is 17.5. The van der Waals surface area contributed by atoms with Crippen LogP contribution in [0.4, 0.5) is 18.9 Å². The Hall–Kier alpha value is -2.54. The van der Waals surface area contributed by atoms with E-state index in [9.17, 15) is 18.0 Å². The van der Waals surface area contributed by atoms with Crippen LogP contribution in [0, 0.1) is 5.82 Å². The molecule has 0 aromatic heterocycles. The predicted octanol–water partition coefficient (Wildman–Crippen LogP) is 2.08. The van der Waals surface area contributed by atoms with Gasteiger partial charge in [-0.3, -0.25) is 4.79 Å². The average molecular weight is 339 g/mol. The fourth-order valence-corrected chi connectivity index (χ4v) is 2.26. The van der Waals surface area contributed by atoms with Gasteiger partial charge in [0.1, 0.15) is 18.1 Å². The van der Waals surface area contributed by atoms with Crippen molar-refractivity contribution in [3.63, 3.8) is 0 Å². The molecule has 4 nitrogen and oxygen atoms in total. The molecule has 0 fully saturated rings. The molecule has 0 heterocycles. The maximum absolute atomic E-state index is 13.1. The number of likely N-dealkylation sites (N-methyl/N-ethyl adjacent to an activating group) is 1. The largest absolute Gasteiger partial charge is 0.435 e. The summed E-state index contributed by atoms with van der Waals surface area (Å²) in [6.45, 7) is -2.19. The second-order valence-corrected chi connectivity index (χ2v) is 5.39. The normalized spacial score (nSPS) is 12.0. The zero-order valence-electron chi connectivity index (χ0n) is 13.1. The van der Waals surface area contributed by atoms with Gasteiger partial charge in [0.2, 0.25) is 0 Å². The van der Waals surface area contributed by atoms with Crippen molar-refractivity contribution in [2.45, 2.75) is 13.2 Å². The number of hydrogen-bond acceptors (Lipinski definition) is 2. The average Bonchev–Trinajstić information content (AvgIpc) is 2.48. The second kappa shape index (κ2) is 8.35. The van der Waals surface area contributed by atoms with Gasteiger partial charge in [-0.05, 0) is 36.4 Å². The molecule has 0 aliphatic carbocycles. The Kier molecular flexibility index (Phi) is 6.20. The molecule has 1 unspecified atom stereocenters. The lowest BCUT2D eigenvalue weighted by Gasteiger charge is -2.14. The first-order chi connectivity index (χ1) is 11.4. The maximum Gasteiger partial charge on any atom is 0.387 e. The summed E-state index contributed by atoms with van der Waals surface area (Å²) in [6.07, 6.45) is 0. The topological polar surface area (TPSA) is 42.8 Å². The molecule has 1 atom stereocenters. The molecular formula is C17H18F3N2O2+. The van der Waals surface area contributed by atoms with Crippen molar-refractivity contribution in [2.24, 2.45) is 0 Å². The molecule has 0 aliphatic rings. The number of benzene rings is 2. The van der Waals surface area contributed by atoms with Crippen LogP contribution in [0.5, 0.6) is 5.75 Å². The zero-order valence-corrected chi connectivity index (χ0v) is 13.1. The minimum Gasteiger partial charge on any atom is -0.435 e. The Balaban J connectivity index is 1.83. The molecule has 0 saturated carbocycles. The second-order valence-electron chi connectivity index (χ2n) is 5.39. The van der Waals surface area contributed by atoms with E-state index in [1.165, 1.54) is 36.4 Å². The summed E-state index contributed by atoms with van der Waals surface area (Å²) >= 11 is 0. The van der Waals surface area contributed by atoms with Crippen LogP contribution in [0.25, 0.3) is 0 Å². The van der Waals surface area contributed by atoms with Crippen LogP contribution in [-0.2, 0) is 11.3 Å². The fraction of sp³-hybridized carbons (Fsp3) is 0.235. The number of carbonyl (C=O) groups is 1. The molecule has 0 radical (unpaired) electrons. The van der Waals surface area contributed by atoms with Gasteiger partial charge in [-0.2, -0.15) is 8.78 Å². The van der Waals surface area contributed by atoms with Crippen LogP contribution in [0.2, 0.25) is 0 Å². The summed E-state index contributed by atoms with van der Waals surface area (Å²) in [5, 5.41) is 2.67. The number of ether oxygens (including phenoxy) is 1. The lowest BCUT2D eigenvalue weighted by Crippen LogP contribution is -3.08. The Morgan fingerprint density at radius 2 is 1.92 bits per heavy atom. The summed E-state index contributed by atoms with van der Waals surface area (Å²) < 4.78 is 41.5. The summed E-state index contributed by atoms with van der Waals surface area (Å²) in [6, 6.07) is 11.9. The van der Waals surface area contributed by atoms with Gasteiger partial charge in [0.15, 0.2) is 6.54 Å². The first kappa shape index (κ1) is 17.8. The van der Waals surface area contributed by atoms with Crippen LogP contribution in [0.3, 0.4) is 0 Å². The highest BCUT2D eigenvalue weighted by Gasteiger charge is 2.11. The van der Waals surface area contributed by atoms with E-state index in [0.29, 0.717) is 12.2 Å². The fourth-order valence-electron chi connectivity index (χ4n) is 2.26. The van der Waals surface area contributed by atoms with Crippen molar-refractivity contribution in [3.8, 4) is 5.75 Å². The first-order valence-electron chi connectivity index (χ1n) is 7.33. The van der Waals surface area contributed by atoms with Gasteiger partial charge >= 0.3 is 6.61 Å². The van der Waals surface area contributed by atoms with E-state index in [1.807, 2.05) is 7.05 Å². The van der Waals surface area contributed by atoms with Gasteiger partial charge in [-0.1, -0.05) is 12.1 Å². The van der Waals surface area contributed by atoms with Gasteiger partial charge in [0.05, 0.1) is 7.05 Å². The van der Waals surface area contributed by atoms with E-state index >= 15 is 0 Å². The highest BCUT2D eigenvalue weighted by atomic mass is 19.3. The quantitative estimate of drug-likeness (QED) is 0.811. The van der Waals surface area contributed by atoms with Gasteiger partial charge in [-0.15, -0.1) is 0 Å². The van der Waals surface area contributed by atoms with Crippen molar-refractivity contribution in [1.29, 1.82) is 0 Å². The maximum atomic E-state index is 13.1. The lowest BCUT2D eigenvalue weighted by atomic mass is 10.2. The minimum atomic E-state index is -2.88. The molecule has 2 aromatic rings. The number of anilines is 1. The predicted molar refractivity (Wildman–Crippen MR) is 83.6 cm³/mol. The van der Waals surface area contributed by atoms with E-state index < -0.39 is 6.61 Å². The minimum absolute atomic E-state index is 0.0249. The smallest absolute Gasteiger partial charge is 0.387 e. The molecule has 0 bridgehead atoms. The molecule has 0 saturated heterocycles. The van der Waals surface area contributed by atoms with Crippen molar-refractivity contribution in [1.82, 2.24) is 0 Å². The van der Waals surface area contributed by atoms with E-state index in [4.69, 9.17) is 0 Å². The molecule has 2 rings (SSSR count). The first-order valence-corrected chi connectivity index (χ1v) is 7.33.